The fraction of sp³-hybridized carbons (Fsp3) is 0.333. The molecule has 0 saturated heterocycles. The Labute approximate surface area is 85.7 Å². The Hall–Kier alpha value is -1.98. The molecule has 6 heteroatoms. The molecule has 6 nitrogen and oxygen atoms in total. The quantitative estimate of drug-likeness (QED) is 0.738. The summed E-state index contributed by atoms with van der Waals surface area (Å²) < 4.78 is 4.79. The monoisotopic (exact) mass is 206 g/mol. The maximum absolute atomic E-state index is 11.2. The lowest BCUT2D eigenvalue weighted by Crippen LogP contribution is -2.10. The fourth-order valence-corrected chi connectivity index (χ4v) is 1.20. The predicted octanol–water partition coefficient (Wildman–Crippen LogP) is 0.458. The van der Waals surface area contributed by atoms with E-state index in [9.17, 15) is 4.79 Å². The maximum atomic E-state index is 11.2. The third kappa shape index (κ3) is 2.09. The molecule has 0 bridgehead atoms. The Morgan fingerprint density at radius 3 is 3.20 bits per heavy atom. The highest BCUT2D eigenvalue weighted by Gasteiger charge is 2.08. The summed E-state index contributed by atoms with van der Waals surface area (Å²) in [5.74, 6) is 0.0976. The molecular weight excluding hydrogens is 196 g/mol. The van der Waals surface area contributed by atoms with Crippen LogP contribution in [0.25, 0.3) is 11.2 Å². The zero-order valence-electron chi connectivity index (χ0n) is 8.23. The number of carbonyl (C=O) groups is 1. The van der Waals surface area contributed by atoms with E-state index in [4.69, 9.17) is 4.74 Å². The van der Waals surface area contributed by atoms with E-state index in [0.29, 0.717) is 18.1 Å². The molecule has 0 amide bonds. The first kappa shape index (κ1) is 9.57. The Balaban J connectivity index is 2.17. The van der Waals surface area contributed by atoms with Crippen LogP contribution >= 0.6 is 0 Å². The van der Waals surface area contributed by atoms with Crippen molar-refractivity contribution in [1.82, 2.24) is 19.9 Å². The molecule has 0 spiro atoms. The topological polar surface area (TPSA) is 80.8 Å². The SMILES string of the molecule is CCOC(=O)Cc1ncc2[nH]cnc2n1. The van der Waals surface area contributed by atoms with E-state index in [1.54, 1.807) is 13.1 Å². The van der Waals surface area contributed by atoms with E-state index < -0.39 is 0 Å². The minimum atomic E-state index is -0.326. The number of imidazole rings is 1. The second kappa shape index (κ2) is 4.04. The summed E-state index contributed by atoms with van der Waals surface area (Å²) in [4.78, 5) is 26.1. The van der Waals surface area contributed by atoms with Crippen LogP contribution < -0.4 is 0 Å². The van der Waals surface area contributed by atoms with Crippen molar-refractivity contribution in [3.05, 3.63) is 18.3 Å². The van der Waals surface area contributed by atoms with Gasteiger partial charge < -0.3 is 9.72 Å². The van der Waals surface area contributed by atoms with Gasteiger partial charge in [0.2, 0.25) is 0 Å². The number of ether oxygens (including phenoxy) is 1. The van der Waals surface area contributed by atoms with Crippen molar-refractivity contribution in [2.75, 3.05) is 6.61 Å². The maximum Gasteiger partial charge on any atom is 0.313 e. The lowest BCUT2D eigenvalue weighted by atomic mass is 10.4. The van der Waals surface area contributed by atoms with Gasteiger partial charge in [-0.15, -0.1) is 0 Å². The number of aromatic amines is 1. The zero-order chi connectivity index (χ0) is 10.7. The average Bonchev–Trinajstić information content (AvgIpc) is 2.65. The molecule has 2 aromatic rings. The van der Waals surface area contributed by atoms with E-state index in [1.807, 2.05) is 0 Å². The van der Waals surface area contributed by atoms with Crippen molar-refractivity contribution in [2.45, 2.75) is 13.3 Å². The molecule has 0 aliphatic rings. The summed E-state index contributed by atoms with van der Waals surface area (Å²) in [6, 6.07) is 0. The number of carbonyl (C=O) groups excluding carboxylic acids is 1. The number of esters is 1. The molecule has 2 rings (SSSR count). The van der Waals surface area contributed by atoms with Crippen molar-refractivity contribution in [2.24, 2.45) is 0 Å². The van der Waals surface area contributed by atoms with Crippen LogP contribution in [-0.4, -0.2) is 32.5 Å². The Morgan fingerprint density at radius 1 is 1.53 bits per heavy atom. The van der Waals surface area contributed by atoms with Crippen molar-refractivity contribution >= 4 is 17.1 Å². The van der Waals surface area contributed by atoms with Gasteiger partial charge in [0.25, 0.3) is 0 Å². The fourth-order valence-electron chi connectivity index (χ4n) is 1.20. The lowest BCUT2D eigenvalue weighted by molar-refractivity contribution is -0.142. The Kier molecular flexibility index (Phi) is 2.57. The molecule has 78 valence electrons. The first-order chi connectivity index (χ1) is 7.29. The highest BCUT2D eigenvalue weighted by Crippen LogP contribution is 2.04. The largest absolute Gasteiger partial charge is 0.466 e. The zero-order valence-corrected chi connectivity index (χ0v) is 8.23. The third-order valence-electron chi connectivity index (χ3n) is 1.83. The summed E-state index contributed by atoms with van der Waals surface area (Å²) in [5, 5.41) is 0. The van der Waals surface area contributed by atoms with Gasteiger partial charge in [0, 0.05) is 0 Å². The molecule has 2 aromatic heterocycles. The number of nitrogens with zero attached hydrogens (tertiary/aromatic N) is 3. The van der Waals surface area contributed by atoms with Gasteiger partial charge in [0.15, 0.2) is 5.65 Å². The number of aromatic nitrogens is 4. The van der Waals surface area contributed by atoms with E-state index in [-0.39, 0.29) is 12.4 Å². The van der Waals surface area contributed by atoms with Crippen LogP contribution in [-0.2, 0) is 16.0 Å². The number of H-pyrrole nitrogens is 1. The van der Waals surface area contributed by atoms with Gasteiger partial charge in [-0.25, -0.2) is 15.0 Å². The molecule has 0 atom stereocenters. The minimum Gasteiger partial charge on any atom is -0.466 e. The van der Waals surface area contributed by atoms with E-state index in [2.05, 4.69) is 19.9 Å². The van der Waals surface area contributed by atoms with Crippen LogP contribution in [0.15, 0.2) is 12.5 Å². The van der Waals surface area contributed by atoms with Crippen LogP contribution in [0.3, 0.4) is 0 Å². The summed E-state index contributed by atoms with van der Waals surface area (Å²) in [5.41, 5.74) is 1.31. The van der Waals surface area contributed by atoms with Crippen LogP contribution in [0, 0.1) is 0 Å². The summed E-state index contributed by atoms with van der Waals surface area (Å²) in [7, 11) is 0. The predicted molar refractivity (Wildman–Crippen MR) is 52.0 cm³/mol. The highest BCUT2D eigenvalue weighted by molar-refractivity contribution is 5.73. The number of hydrogen-bond donors (Lipinski definition) is 1. The molecule has 15 heavy (non-hydrogen) atoms. The summed E-state index contributed by atoms with van der Waals surface area (Å²) >= 11 is 0. The second-order valence-corrected chi connectivity index (χ2v) is 2.91. The van der Waals surface area contributed by atoms with Gasteiger partial charge in [-0.1, -0.05) is 0 Å². The molecule has 2 heterocycles. The van der Waals surface area contributed by atoms with Crippen molar-refractivity contribution in [3.8, 4) is 0 Å². The van der Waals surface area contributed by atoms with Gasteiger partial charge >= 0.3 is 5.97 Å². The molecular formula is C9H10N4O2. The first-order valence-electron chi connectivity index (χ1n) is 4.60. The molecule has 0 fully saturated rings. The molecule has 0 aliphatic heterocycles. The average molecular weight is 206 g/mol. The molecule has 0 radical (unpaired) electrons. The third-order valence-corrected chi connectivity index (χ3v) is 1.83. The van der Waals surface area contributed by atoms with Crippen molar-refractivity contribution < 1.29 is 9.53 Å². The molecule has 1 N–H and O–H groups in total. The number of fused-ring (bicyclic) bond motifs is 1. The molecule has 0 aliphatic carbocycles. The van der Waals surface area contributed by atoms with Crippen LogP contribution in [0.1, 0.15) is 12.7 Å². The van der Waals surface area contributed by atoms with Crippen molar-refractivity contribution in [1.29, 1.82) is 0 Å². The van der Waals surface area contributed by atoms with Gasteiger partial charge in [0.05, 0.1) is 19.1 Å². The number of hydrogen-bond acceptors (Lipinski definition) is 5. The summed E-state index contributed by atoms with van der Waals surface area (Å²) in [6.45, 7) is 2.12. The van der Waals surface area contributed by atoms with Gasteiger partial charge in [-0.3, -0.25) is 4.79 Å². The normalized spacial score (nSPS) is 10.5. The van der Waals surface area contributed by atoms with Crippen molar-refractivity contribution in [3.63, 3.8) is 0 Å². The standard InChI is InChI=1S/C9H10N4O2/c1-2-15-8(14)3-7-10-4-6-9(13-7)12-5-11-6/h4-5H,2-3H2,1H3,(H,10,11,12,13). The smallest absolute Gasteiger partial charge is 0.313 e. The van der Waals surface area contributed by atoms with Gasteiger partial charge in [-0.05, 0) is 6.92 Å². The van der Waals surface area contributed by atoms with E-state index in [0.717, 1.165) is 5.52 Å². The highest BCUT2D eigenvalue weighted by atomic mass is 16.5. The van der Waals surface area contributed by atoms with Crippen LogP contribution in [0.4, 0.5) is 0 Å². The summed E-state index contributed by atoms with van der Waals surface area (Å²) in [6.07, 6.45) is 3.22. The van der Waals surface area contributed by atoms with E-state index >= 15 is 0 Å². The van der Waals surface area contributed by atoms with Crippen LogP contribution in [0.2, 0.25) is 0 Å². The molecule has 0 saturated carbocycles. The number of rotatable bonds is 3. The Bertz CT molecular complexity index is 480. The number of nitrogens with one attached hydrogen (secondary N) is 1. The van der Waals surface area contributed by atoms with Crippen LogP contribution in [0.5, 0.6) is 0 Å². The van der Waals surface area contributed by atoms with E-state index in [1.165, 1.54) is 6.33 Å². The molecule has 0 unspecified atom stereocenters. The Morgan fingerprint density at radius 2 is 2.40 bits per heavy atom. The van der Waals surface area contributed by atoms with Gasteiger partial charge in [-0.2, -0.15) is 0 Å². The second-order valence-electron chi connectivity index (χ2n) is 2.91. The lowest BCUT2D eigenvalue weighted by Gasteiger charge is -1.99. The minimum absolute atomic E-state index is 0.0800. The van der Waals surface area contributed by atoms with Gasteiger partial charge in [0.1, 0.15) is 17.8 Å². The first-order valence-corrected chi connectivity index (χ1v) is 4.60. The molecule has 0 aromatic carbocycles.